The van der Waals surface area contributed by atoms with Gasteiger partial charge in [0.1, 0.15) is 5.82 Å². The van der Waals surface area contributed by atoms with Crippen LogP contribution in [0, 0.1) is 5.92 Å². The van der Waals surface area contributed by atoms with E-state index in [0.717, 1.165) is 25.6 Å². The zero-order valence-corrected chi connectivity index (χ0v) is 8.95. The third kappa shape index (κ3) is 1.97. The third-order valence-electron chi connectivity index (χ3n) is 3.22. The lowest BCUT2D eigenvalue weighted by Gasteiger charge is -2.22. The van der Waals surface area contributed by atoms with Gasteiger partial charge in [0.25, 0.3) is 0 Å². The summed E-state index contributed by atoms with van der Waals surface area (Å²) in [7, 11) is 0. The highest BCUT2D eigenvalue weighted by Crippen LogP contribution is 2.31. The lowest BCUT2D eigenvalue weighted by molar-refractivity contribution is 0.667. The number of nitrogens with zero attached hydrogens (tertiary/aromatic N) is 2. The van der Waals surface area contributed by atoms with Gasteiger partial charge in [-0.05, 0) is 24.8 Å². The number of aromatic nitrogens is 1. The molecule has 0 bridgehead atoms. The second-order valence-electron chi connectivity index (χ2n) is 4.55. The van der Waals surface area contributed by atoms with Gasteiger partial charge in [0.2, 0.25) is 0 Å². The summed E-state index contributed by atoms with van der Waals surface area (Å²) in [6.07, 6.45) is 4.72. The molecule has 3 rings (SSSR count). The standard InChI is InChI=1S/C12H17N3/c1-2-11-8-13-6-7-15(9-10-3-4-10)12(11)14-5-1/h1-2,5,10,13H,3-4,6-9H2. The van der Waals surface area contributed by atoms with E-state index in [2.05, 4.69) is 21.3 Å². The fraction of sp³-hybridized carbons (Fsp3) is 0.583. The van der Waals surface area contributed by atoms with Crippen molar-refractivity contribution in [2.75, 3.05) is 24.5 Å². The highest BCUT2D eigenvalue weighted by molar-refractivity contribution is 5.47. The van der Waals surface area contributed by atoms with Gasteiger partial charge in [0.05, 0.1) is 0 Å². The van der Waals surface area contributed by atoms with Crippen molar-refractivity contribution < 1.29 is 0 Å². The van der Waals surface area contributed by atoms with Crippen molar-refractivity contribution in [2.45, 2.75) is 19.4 Å². The molecule has 2 aliphatic rings. The molecule has 2 heterocycles. The van der Waals surface area contributed by atoms with Crippen LogP contribution in [-0.2, 0) is 6.54 Å². The molecule has 80 valence electrons. The molecule has 15 heavy (non-hydrogen) atoms. The van der Waals surface area contributed by atoms with Crippen molar-refractivity contribution >= 4 is 5.82 Å². The fourth-order valence-corrected chi connectivity index (χ4v) is 2.19. The molecule has 1 fully saturated rings. The van der Waals surface area contributed by atoms with Gasteiger partial charge in [0.15, 0.2) is 0 Å². The van der Waals surface area contributed by atoms with Crippen LogP contribution in [0.2, 0.25) is 0 Å². The topological polar surface area (TPSA) is 28.2 Å². The molecule has 1 aliphatic heterocycles. The van der Waals surface area contributed by atoms with Crippen molar-refractivity contribution in [1.82, 2.24) is 10.3 Å². The first-order valence-electron chi connectivity index (χ1n) is 5.83. The van der Waals surface area contributed by atoms with Crippen LogP contribution in [-0.4, -0.2) is 24.6 Å². The van der Waals surface area contributed by atoms with Crippen LogP contribution in [0.4, 0.5) is 5.82 Å². The first kappa shape index (κ1) is 9.16. The van der Waals surface area contributed by atoms with Crippen molar-refractivity contribution in [3.63, 3.8) is 0 Å². The van der Waals surface area contributed by atoms with Crippen LogP contribution in [0.15, 0.2) is 18.3 Å². The number of rotatable bonds is 2. The second kappa shape index (κ2) is 3.81. The summed E-state index contributed by atoms with van der Waals surface area (Å²) in [6.45, 7) is 4.33. The molecule has 1 N–H and O–H groups in total. The maximum absolute atomic E-state index is 4.53. The minimum Gasteiger partial charge on any atom is -0.355 e. The monoisotopic (exact) mass is 203 g/mol. The molecule has 0 unspecified atom stereocenters. The summed E-state index contributed by atoms with van der Waals surface area (Å²) in [5.74, 6) is 2.13. The van der Waals surface area contributed by atoms with Gasteiger partial charge in [-0.3, -0.25) is 0 Å². The highest BCUT2D eigenvalue weighted by atomic mass is 15.2. The van der Waals surface area contributed by atoms with E-state index < -0.39 is 0 Å². The number of nitrogens with one attached hydrogen (secondary N) is 1. The summed E-state index contributed by atoms with van der Waals surface area (Å²) < 4.78 is 0. The molecule has 1 aliphatic carbocycles. The Morgan fingerprint density at radius 2 is 2.40 bits per heavy atom. The number of pyridine rings is 1. The molecule has 1 aromatic heterocycles. The Kier molecular flexibility index (Phi) is 2.33. The smallest absolute Gasteiger partial charge is 0.133 e. The quantitative estimate of drug-likeness (QED) is 0.787. The molecule has 0 radical (unpaired) electrons. The van der Waals surface area contributed by atoms with E-state index in [0.29, 0.717) is 0 Å². The zero-order chi connectivity index (χ0) is 10.1. The average molecular weight is 203 g/mol. The Morgan fingerprint density at radius 3 is 3.27 bits per heavy atom. The van der Waals surface area contributed by atoms with Crippen LogP contribution >= 0.6 is 0 Å². The molecule has 0 saturated heterocycles. The van der Waals surface area contributed by atoms with E-state index in [4.69, 9.17) is 0 Å². The summed E-state index contributed by atoms with van der Waals surface area (Å²) in [6, 6.07) is 4.21. The van der Waals surface area contributed by atoms with Crippen molar-refractivity contribution in [1.29, 1.82) is 0 Å². The molecule has 0 spiro atoms. The summed E-state index contributed by atoms with van der Waals surface area (Å²) in [5.41, 5.74) is 1.34. The predicted octanol–water partition coefficient (Wildman–Crippen LogP) is 1.40. The molecular weight excluding hydrogens is 186 g/mol. The van der Waals surface area contributed by atoms with E-state index in [1.807, 2.05) is 12.3 Å². The second-order valence-corrected chi connectivity index (χ2v) is 4.55. The van der Waals surface area contributed by atoms with Crippen molar-refractivity contribution in [3.05, 3.63) is 23.9 Å². The summed E-state index contributed by atoms with van der Waals surface area (Å²) >= 11 is 0. The first-order valence-corrected chi connectivity index (χ1v) is 5.83. The molecule has 0 atom stereocenters. The highest BCUT2D eigenvalue weighted by Gasteiger charge is 2.26. The Morgan fingerprint density at radius 1 is 1.47 bits per heavy atom. The number of hydrogen-bond donors (Lipinski definition) is 1. The van der Waals surface area contributed by atoms with Gasteiger partial charge < -0.3 is 10.2 Å². The lowest BCUT2D eigenvalue weighted by atomic mass is 10.2. The van der Waals surface area contributed by atoms with Gasteiger partial charge in [-0.1, -0.05) is 6.07 Å². The van der Waals surface area contributed by atoms with E-state index in [1.165, 1.54) is 30.8 Å². The van der Waals surface area contributed by atoms with Crippen LogP contribution in [0.25, 0.3) is 0 Å². The minimum atomic E-state index is 0.929. The number of hydrogen-bond acceptors (Lipinski definition) is 3. The van der Waals surface area contributed by atoms with Gasteiger partial charge in [-0.2, -0.15) is 0 Å². The SMILES string of the molecule is c1cnc2c(c1)CNCCN2CC1CC1. The van der Waals surface area contributed by atoms with Gasteiger partial charge in [-0.15, -0.1) is 0 Å². The maximum atomic E-state index is 4.53. The number of fused-ring (bicyclic) bond motifs is 1. The maximum Gasteiger partial charge on any atom is 0.133 e. The van der Waals surface area contributed by atoms with Crippen LogP contribution in [0.5, 0.6) is 0 Å². The molecule has 0 aromatic carbocycles. The normalized spacial score (nSPS) is 20.9. The molecule has 1 aromatic rings. The van der Waals surface area contributed by atoms with E-state index in [-0.39, 0.29) is 0 Å². The van der Waals surface area contributed by atoms with E-state index in [9.17, 15) is 0 Å². The Hall–Kier alpha value is -1.09. The van der Waals surface area contributed by atoms with Gasteiger partial charge in [-0.25, -0.2) is 4.98 Å². The van der Waals surface area contributed by atoms with Gasteiger partial charge >= 0.3 is 0 Å². The Balaban J connectivity index is 1.86. The van der Waals surface area contributed by atoms with E-state index in [1.54, 1.807) is 0 Å². The largest absolute Gasteiger partial charge is 0.355 e. The third-order valence-corrected chi connectivity index (χ3v) is 3.22. The lowest BCUT2D eigenvalue weighted by Crippen LogP contribution is -2.31. The molecule has 3 nitrogen and oxygen atoms in total. The molecular formula is C12H17N3. The van der Waals surface area contributed by atoms with E-state index >= 15 is 0 Å². The first-order chi connectivity index (χ1) is 7.43. The number of anilines is 1. The molecule has 3 heteroatoms. The molecule has 0 amide bonds. The van der Waals surface area contributed by atoms with Crippen LogP contribution in [0.1, 0.15) is 18.4 Å². The Bertz CT molecular complexity index is 346. The van der Waals surface area contributed by atoms with Gasteiger partial charge in [0, 0.05) is 37.9 Å². The van der Waals surface area contributed by atoms with Crippen molar-refractivity contribution in [2.24, 2.45) is 5.92 Å². The molecule has 1 saturated carbocycles. The summed E-state index contributed by atoms with van der Waals surface area (Å²) in [5, 5.41) is 3.45. The summed E-state index contributed by atoms with van der Waals surface area (Å²) in [4.78, 5) is 6.98. The van der Waals surface area contributed by atoms with Crippen molar-refractivity contribution in [3.8, 4) is 0 Å². The van der Waals surface area contributed by atoms with Crippen LogP contribution in [0.3, 0.4) is 0 Å². The predicted molar refractivity (Wildman–Crippen MR) is 60.9 cm³/mol. The Labute approximate surface area is 90.5 Å². The fourth-order valence-electron chi connectivity index (χ4n) is 2.19. The minimum absolute atomic E-state index is 0.929. The zero-order valence-electron chi connectivity index (χ0n) is 8.95. The van der Waals surface area contributed by atoms with Crippen LogP contribution < -0.4 is 10.2 Å². The average Bonchev–Trinajstić information content (AvgIpc) is 3.07.